The number of carbonyl (C=O) groups is 1. The summed E-state index contributed by atoms with van der Waals surface area (Å²) in [7, 11) is 0. The molecule has 0 atom stereocenters. The zero-order valence-electron chi connectivity index (χ0n) is 16.7. The first-order valence-corrected chi connectivity index (χ1v) is 10.9. The molecular formula is C23H22BrN3O3. The Morgan fingerprint density at radius 1 is 1.20 bits per heavy atom. The molecule has 1 aromatic heterocycles. The number of hydrogen-bond donors (Lipinski definition) is 0. The number of halogens is 1. The third-order valence-electron chi connectivity index (χ3n) is 5.28. The molecule has 0 aliphatic heterocycles. The van der Waals surface area contributed by atoms with Crippen LogP contribution in [-0.2, 0) is 4.79 Å². The lowest BCUT2D eigenvalue weighted by atomic mass is 9.88. The molecule has 6 nitrogen and oxygen atoms in total. The van der Waals surface area contributed by atoms with Gasteiger partial charge in [0.05, 0.1) is 21.6 Å². The number of benzene rings is 2. The third-order valence-corrected chi connectivity index (χ3v) is 5.90. The molecule has 154 valence electrons. The van der Waals surface area contributed by atoms with E-state index in [4.69, 9.17) is 9.72 Å². The summed E-state index contributed by atoms with van der Waals surface area (Å²) >= 11 is 3.41. The van der Waals surface area contributed by atoms with Crippen molar-refractivity contribution in [2.24, 2.45) is 5.10 Å². The summed E-state index contributed by atoms with van der Waals surface area (Å²) in [6.07, 6.45) is 7.17. The van der Waals surface area contributed by atoms with Crippen LogP contribution in [0.5, 0.6) is 5.75 Å². The summed E-state index contributed by atoms with van der Waals surface area (Å²) in [5.74, 6) is 1.01. The second-order valence-electron chi connectivity index (χ2n) is 7.47. The van der Waals surface area contributed by atoms with E-state index in [0.29, 0.717) is 21.1 Å². The van der Waals surface area contributed by atoms with E-state index in [1.807, 2.05) is 18.2 Å². The largest absolute Gasteiger partial charge is 0.426 e. The van der Waals surface area contributed by atoms with Crippen LogP contribution in [0.4, 0.5) is 0 Å². The summed E-state index contributed by atoms with van der Waals surface area (Å²) in [6.45, 7) is 1.35. The number of para-hydroxylation sites is 1. The van der Waals surface area contributed by atoms with Crippen molar-refractivity contribution in [3.63, 3.8) is 0 Å². The van der Waals surface area contributed by atoms with Gasteiger partial charge in [-0.15, -0.1) is 0 Å². The van der Waals surface area contributed by atoms with Gasteiger partial charge in [0.2, 0.25) is 0 Å². The van der Waals surface area contributed by atoms with Gasteiger partial charge in [0.15, 0.2) is 0 Å². The van der Waals surface area contributed by atoms with Gasteiger partial charge in [-0.3, -0.25) is 9.59 Å². The molecule has 1 fully saturated rings. The second-order valence-corrected chi connectivity index (χ2v) is 8.32. The fourth-order valence-corrected chi connectivity index (χ4v) is 4.31. The van der Waals surface area contributed by atoms with Crippen molar-refractivity contribution >= 4 is 39.0 Å². The van der Waals surface area contributed by atoms with Crippen molar-refractivity contribution in [3.05, 3.63) is 68.7 Å². The van der Waals surface area contributed by atoms with Crippen molar-refractivity contribution in [3.8, 4) is 5.75 Å². The number of carbonyl (C=O) groups excluding carboxylic acids is 1. The molecule has 1 heterocycles. The molecule has 0 radical (unpaired) electrons. The Bertz CT molecular complexity index is 1180. The molecule has 3 aromatic rings. The Hall–Kier alpha value is -2.80. The van der Waals surface area contributed by atoms with E-state index in [2.05, 4.69) is 21.0 Å². The number of hydrogen-bond acceptors (Lipinski definition) is 5. The summed E-state index contributed by atoms with van der Waals surface area (Å²) in [5.41, 5.74) is 1.32. The molecule has 0 N–H and O–H groups in total. The Morgan fingerprint density at radius 2 is 1.97 bits per heavy atom. The highest BCUT2D eigenvalue weighted by Crippen LogP contribution is 2.32. The van der Waals surface area contributed by atoms with Crippen LogP contribution in [0.15, 0.2) is 56.8 Å². The van der Waals surface area contributed by atoms with Crippen molar-refractivity contribution in [2.75, 3.05) is 0 Å². The number of aromatic nitrogens is 2. The molecule has 1 aliphatic rings. The maximum absolute atomic E-state index is 13.2. The van der Waals surface area contributed by atoms with Crippen LogP contribution in [0, 0.1) is 0 Å². The smallest absolute Gasteiger partial charge is 0.308 e. The maximum atomic E-state index is 13.2. The van der Waals surface area contributed by atoms with Gasteiger partial charge in [-0.1, -0.05) is 31.4 Å². The number of nitrogens with zero attached hydrogens (tertiary/aromatic N) is 3. The average Bonchev–Trinajstić information content (AvgIpc) is 2.75. The van der Waals surface area contributed by atoms with E-state index in [-0.39, 0.29) is 17.4 Å². The number of ether oxygens (including phenoxy) is 1. The van der Waals surface area contributed by atoms with Gasteiger partial charge in [-0.25, -0.2) is 4.98 Å². The van der Waals surface area contributed by atoms with Crippen molar-refractivity contribution in [2.45, 2.75) is 44.9 Å². The molecule has 0 amide bonds. The predicted molar refractivity (Wildman–Crippen MR) is 120 cm³/mol. The molecule has 0 bridgehead atoms. The van der Waals surface area contributed by atoms with E-state index >= 15 is 0 Å². The van der Waals surface area contributed by atoms with Crippen LogP contribution in [0.1, 0.15) is 56.3 Å². The van der Waals surface area contributed by atoms with Gasteiger partial charge < -0.3 is 4.74 Å². The topological polar surface area (TPSA) is 73.5 Å². The standard InChI is InChI=1S/C23H22BrN3O3/c1-15(28)30-21-12-11-16(13-19(21)24)14-25-27-22(17-7-3-2-4-8-17)26-20-10-6-5-9-18(20)23(27)29/h5-6,9-14,17H,2-4,7-8H2,1H3. The summed E-state index contributed by atoms with van der Waals surface area (Å²) < 4.78 is 7.22. The highest BCUT2D eigenvalue weighted by atomic mass is 79.9. The molecule has 2 aromatic carbocycles. The van der Waals surface area contributed by atoms with Crippen LogP contribution < -0.4 is 10.3 Å². The van der Waals surface area contributed by atoms with E-state index in [0.717, 1.165) is 37.1 Å². The van der Waals surface area contributed by atoms with Crippen molar-refractivity contribution in [1.29, 1.82) is 0 Å². The first-order valence-electron chi connectivity index (χ1n) is 10.1. The quantitative estimate of drug-likeness (QED) is 0.307. The molecule has 1 saturated carbocycles. The van der Waals surface area contributed by atoms with Gasteiger partial charge >= 0.3 is 5.97 Å². The molecule has 30 heavy (non-hydrogen) atoms. The minimum atomic E-state index is -0.386. The van der Waals surface area contributed by atoms with Gasteiger partial charge in [-0.2, -0.15) is 9.78 Å². The molecule has 7 heteroatoms. The Balaban J connectivity index is 1.75. The summed E-state index contributed by atoms with van der Waals surface area (Å²) in [5, 5.41) is 5.08. The molecule has 0 spiro atoms. The minimum absolute atomic E-state index is 0.159. The lowest BCUT2D eigenvalue weighted by Crippen LogP contribution is -2.25. The van der Waals surface area contributed by atoms with Crippen LogP contribution in [0.2, 0.25) is 0 Å². The number of fused-ring (bicyclic) bond motifs is 1. The number of esters is 1. The van der Waals surface area contributed by atoms with Gasteiger partial charge in [0, 0.05) is 12.8 Å². The van der Waals surface area contributed by atoms with Crippen molar-refractivity contribution < 1.29 is 9.53 Å². The zero-order chi connectivity index (χ0) is 21.1. The fourth-order valence-electron chi connectivity index (χ4n) is 3.84. The Labute approximate surface area is 182 Å². The average molecular weight is 468 g/mol. The molecule has 1 aliphatic carbocycles. The third kappa shape index (κ3) is 4.36. The van der Waals surface area contributed by atoms with Gasteiger partial charge in [0.25, 0.3) is 5.56 Å². The van der Waals surface area contributed by atoms with Crippen LogP contribution in [0.3, 0.4) is 0 Å². The predicted octanol–water partition coefficient (Wildman–Crippen LogP) is 5.01. The SMILES string of the molecule is CC(=O)Oc1ccc(C=Nn2c(C3CCCCC3)nc3ccccc3c2=O)cc1Br. The molecule has 4 rings (SSSR count). The highest BCUT2D eigenvalue weighted by Gasteiger charge is 2.22. The van der Waals surface area contributed by atoms with Crippen molar-refractivity contribution in [1.82, 2.24) is 9.66 Å². The highest BCUT2D eigenvalue weighted by molar-refractivity contribution is 9.10. The van der Waals surface area contributed by atoms with E-state index in [1.54, 1.807) is 30.5 Å². The van der Waals surface area contributed by atoms with E-state index < -0.39 is 0 Å². The first kappa shape index (κ1) is 20.5. The van der Waals surface area contributed by atoms with Gasteiger partial charge in [-0.05, 0) is 64.7 Å². The van der Waals surface area contributed by atoms with Crippen LogP contribution in [0.25, 0.3) is 10.9 Å². The lowest BCUT2D eigenvalue weighted by Gasteiger charge is -2.22. The maximum Gasteiger partial charge on any atom is 0.308 e. The summed E-state index contributed by atoms with van der Waals surface area (Å²) in [4.78, 5) is 29.2. The minimum Gasteiger partial charge on any atom is -0.426 e. The second kappa shape index (κ2) is 8.92. The van der Waals surface area contributed by atoms with Crippen LogP contribution >= 0.6 is 15.9 Å². The fraction of sp³-hybridized carbons (Fsp3) is 0.304. The Morgan fingerprint density at radius 3 is 2.70 bits per heavy atom. The summed E-state index contributed by atoms with van der Waals surface area (Å²) in [6, 6.07) is 12.7. The first-order chi connectivity index (χ1) is 14.5. The molecular weight excluding hydrogens is 446 g/mol. The lowest BCUT2D eigenvalue weighted by molar-refractivity contribution is -0.131. The Kier molecular flexibility index (Phi) is 6.08. The number of rotatable bonds is 4. The van der Waals surface area contributed by atoms with Gasteiger partial charge in [0.1, 0.15) is 11.6 Å². The van der Waals surface area contributed by atoms with Crippen LogP contribution in [-0.4, -0.2) is 21.8 Å². The monoisotopic (exact) mass is 467 g/mol. The normalized spacial score (nSPS) is 15.0. The molecule has 0 unspecified atom stereocenters. The van der Waals surface area contributed by atoms with E-state index in [9.17, 15) is 9.59 Å². The zero-order valence-corrected chi connectivity index (χ0v) is 18.3. The molecule has 0 saturated heterocycles. The van der Waals surface area contributed by atoms with E-state index in [1.165, 1.54) is 18.0 Å².